The summed E-state index contributed by atoms with van der Waals surface area (Å²) in [4.78, 5) is 3.25. The Balaban J connectivity index is 1.95. The first-order valence-electron chi connectivity index (χ1n) is 6.00. The highest BCUT2D eigenvalue weighted by Crippen LogP contribution is 2.33. The maximum absolute atomic E-state index is 3.25. The van der Waals surface area contributed by atoms with E-state index in [9.17, 15) is 0 Å². The highest BCUT2D eigenvalue weighted by molar-refractivity contribution is 5.80. The van der Waals surface area contributed by atoms with Crippen LogP contribution in [0.5, 0.6) is 0 Å². The molecule has 1 aliphatic carbocycles. The fourth-order valence-corrected chi connectivity index (χ4v) is 2.76. The van der Waals surface area contributed by atoms with E-state index in [4.69, 9.17) is 0 Å². The van der Waals surface area contributed by atoms with Crippen molar-refractivity contribution in [3.63, 3.8) is 0 Å². The first-order valence-corrected chi connectivity index (χ1v) is 6.00. The summed E-state index contributed by atoms with van der Waals surface area (Å²) in [5.74, 6) is 0.818. The van der Waals surface area contributed by atoms with Gasteiger partial charge in [-0.25, -0.2) is 0 Å². The number of rotatable bonds is 1. The van der Waals surface area contributed by atoms with E-state index >= 15 is 0 Å². The van der Waals surface area contributed by atoms with Crippen molar-refractivity contribution in [2.24, 2.45) is 0 Å². The first kappa shape index (κ1) is 9.02. The molecule has 0 saturated heterocycles. The molecule has 1 aromatic carbocycles. The zero-order chi connectivity index (χ0) is 10.1. The van der Waals surface area contributed by atoms with E-state index in [1.54, 1.807) is 5.56 Å². The van der Waals surface area contributed by atoms with E-state index < -0.39 is 0 Å². The number of aromatic nitrogens is 1. The van der Waals surface area contributed by atoms with Gasteiger partial charge in [0, 0.05) is 11.7 Å². The highest BCUT2D eigenvalue weighted by Gasteiger charge is 2.15. The summed E-state index contributed by atoms with van der Waals surface area (Å²) in [6.45, 7) is 0. The van der Waals surface area contributed by atoms with Crippen LogP contribution in [0.4, 0.5) is 0 Å². The third-order valence-electron chi connectivity index (χ3n) is 3.65. The molecule has 1 fully saturated rings. The van der Waals surface area contributed by atoms with Crippen molar-refractivity contribution in [1.29, 1.82) is 0 Å². The van der Waals surface area contributed by atoms with E-state index in [-0.39, 0.29) is 0 Å². The molecule has 1 heteroatoms. The first-order chi connectivity index (χ1) is 7.43. The predicted octanol–water partition coefficient (Wildman–Crippen LogP) is 4.22. The van der Waals surface area contributed by atoms with Crippen molar-refractivity contribution in [3.8, 4) is 0 Å². The van der Waals surface area contributed by atoms with Gasteiger partial charge < -0.3 is 4.98 Å². The summed E-state index contributed by atoms with van der Waals surface area (Å²) >= 11 is 0. The van der Waals surface area contributed by atoms with Gasteiger partial charge in [0.2, 0.25) is 0 Å². The van der Waals surface area contributed by atoms with Crippen LogP contribution in [0.3, 0.4) is 0 Å². The molecule has 2 aromatic rings. The van der Waals surface area contributed by atoms with E-state index in [1.807, 2.05) is 6.20 Å². The second-order valence-corrected chi connectivity index (χ2v) is 4.66. The van der Waals surface area contributed by atoms with E-state index in [1.165, 1.54) is 43.0 Å². The maximum atomic E-state index is 3.25. The molecule has 0 radical (unpaired) electrons. The van der Waals surface area contributed by atoms with Crippen LogP contribution in [-0.2, 0) is 0 Å². The minimum absolute atomic E-state index is 0.818. The largest absolute Gasteiger partial charge is 0.361 e. The molecule has 0 bridgehead atoms. The van der Waals surface area contributed by atoms with Gasteiger partial charge in [-0.05, 0) is 47.9 Å². The standard InChI is InChI=1S/C14H17N/c1-2-4-11(5-3-1)12-6-7-14-13(10-12)8-9-15-14/h6-11,15H,1-5H2. The molecule has 1 N–H and O–H groups in total. The SMILES string of the molecule is c1cc2cc(C3CCCCC3)ccc2[nH]1. The van der Waals surface area contributed by atoms with E-state index in [2.05, 4.69) is 29.2 Å². The minimum Gasteiger partial charge on any atom is -0.361 e. The molecule has 78 valence electrons. The molecule has 1 aliphatic rings. The average molecular weight is 199 g/mol. The molecular formula is C14H17N. The van der Waals surface area contributed by atoms with Crippen LogP contribution < -0.4 is 0 Å². The topological polar surface area (TPSA) is 15.8 Å². The third-order valence-corrected chi connectivity index (χ3v) is 3.65. The zero-order valence-corrected chi connectivity index (χ0v) is 9.00. The predicted molar refractivity (Wildman–Crippen MR) is 64.1 cm³/mol. The van der Waals surface area contributed by atoms with Crippen molar-refractivity contribution in [2.45, 2.75) is 38.0 Å². The lowest BCUT2D eigenvalue weighted by Gasteiger charge is -2.21. The lowest BCUT2D eigenvalue weighted by atomic mass is 9.84. The molecule has 1 saturated carbocycles. The lowest BCUT2D eigenvalue weighted by molar-refractivity contribution is 0.444. The Morgan fingerprint density at radius 1 is 1.00 bits per heavy atom. The third kappa shape index (κ3) is 1.67. The van der Waals surface area contributed by atoms with Crippen LogP contribution in [0.2, 0.25) is 0 Å². The maximum Gasteiger partial charge on any atom is 0.0454 e. The minimum atomic E-state index is 0.818. The Morgan fingerprint density at radius 3 is 2.73 bits per heavy atom. The quantitative estimate of drug-likeness (QED) is 0.708. The van der Waals surface area contributed by atoms with Crippen molar-refractivity contribution in [1.82, 2.24) is 4.98 Å². The number of hydrogen-bond donors (Lipinski definition) is 1. The molecule has 15 heavy (non-hydrogen) atoms. The van der Waals surface area contributed by atoms with Gasteiger partial charge in [-0.15, -0.1) is 0 Å². The van der Waals surface area contributed by atoms with Crippen molar-refractivity contribution in [3.05, 3.63) is 36.0 Å². The summed E-state index contributed by atoms with van der Waals surface area (Å²) < 4.78 is 0. The normalized spacial score (nSPS) is 18.4. The van der Waals surface area contributed by atoms with Crippen molar-refractivity contribution in [2.75, 3.05) is 0 Å². The Kier molecular flexibility index (Phi) is 2.24. The second-order valence-electron chi connectivity index (χ2n) is 4.66. The number of fused-ring (bicyclic) bond motifs is 1. The molecule has 0 spiro atoms. The Hall–Kier alpha value is -1.24. The molecule has 0 aliphatic heterocycles. The van der Waals surface area contributed by atoms with Crippen LogP contribution in [0.25, 0.3) is 10.9 Å². The number of H-pyrrole nitrogens is 1. The van der Waals surface area contributed by atoms with Crippen LogP contribution in [0.1, 0.15) is 43.6 Å². The molecule has 1 aromatic heterocycles. The fraction of sp³-hybridized carbons (Fsp3) is 0.429. The average Bonchev–Trinajstić information content (AvgIpc) is 2.77. The second kappa shape index (κ2) is 3.73. The van der Waals surface area contributed by atoms with Gasteiger partial charge in [0.05, 0.1) is 0 Å². The number of aromatic amines is 1. The Morgan fingerprint density at radius 2 is 1.87 bits per heavy atom. The number of nitrogens with one attached hydrogen (secondary N) is 1. The van der Waals surface area contributed by atoms with Crippen molar-refractivity contribution >= 4 is 10.9 Å². The van der Waals surface area contributed by atoms with Crippen molar-refractivity contribution < 1.29 is 0 Å². The molecule has 1 heterocycles. The summed E-state index contributed by atoms with van der Waals surface area (Å²) in [7, 11) is 0. The summed E-state index contributed by atoms with van der Waals surface area (Å²) in [6, 6.07) is 9.05. The highest BCUT2D eigenvalue weighted by atomic mass is 14.7. The van der Waals surface area contributed by atoms with Gasteiger partial charge in [0.15, 0.2) is 0 Å². The van der Waals surface area contributed by atoms with Crippen LogP contribution in [0.15, 0.2) is 30.5 Å². The van der Waals surface area contributed by atoms with Crippen LogP contribution in [0, 0.1) is 0 Å². The van der Waals surface area contributed by atoms with Crippen LogP contribution >= 0.6 is 0 Å². The summed E-state index contributed by atoms with van der Waals surface area (Å²) in [5, 5.41) is 1.36. The Bertz CT molecular complexity index is 449. The fourth-order valence-electron chi connectivity index (χ4n) is 2.76. The van der Waals surface area contributed by atoms with Gasteiger partial charge in [-0.1, -0.05) is 25.3 Å². The zero-order valence-electron chi connectivity index (χ0n) is 9.00. The van der Waals surface area contributed by atoms with Gasteiger partial charge in [-0.3, -0.25) is 0 Å². The van der Waals surface area contributed by atoms with Gasteiger partial charge >= 0.3 is 0 Å². The summed E-state index contributed by atoms with van der Waals surface area (Å²) in [6.07, 6.45) is 9.05. The number of hydrogen-bond acceptors (Lipinski definition) is 0. The number of benzene rings is 1. The van der Waals surface area contributed by atoms with Gasteiger partial charge in [0.25, 0.3) is 0 Å². The Labute approximate surface area is 90.5 Å². The summed E-state index contributed by atoms with van der Waals surface area (Å²) in [5.41, 5.74) is 2.80. The lowest BCUT2D eigenvalue weighted by Crippen LogP contribution is -2.03. The monoisotopic (exact) mass is 199 g/mol. The van der Waals surface area contributed by atoms with Gasteiger partial charge in [0.1, 0.15) is 0 Å². The molecule has 3 rings (SSSR count). The van der Waals surface area contributed by atoms with Crippen LogP contribution in [-0.4, -0.2) is 4.98 Å². The molecule has 0 amide bonds. The van der Waals surface area contributed by atoms with E-state index in [0.29, 0.717) is 0 Å². The molecule has 0 atom stereocenters. The molecule has 1 nitrogen and oxygen atoms in total. The smallest absolute Gasteiger partial charge is 0.0454 e. The molecule has 0 unspecified atom stereocenters. The molecular weight excluding hydrogens is 182 g/mol. The van der Waals surface area contributed by atoms with Gasteiger partial charge in [-0.2, -0.15) is 0 Å². The van der Waals surface area contributed by atoms with E-state index in [0.717, 1.165) is 5.92 Å².